The molecule has 0 bridgehead atoms. The van der Waals surface area contributed by atoms with Gasteiger partial charge in [0.2, 0.25) is 5.79 Å². The van der Waals surface area contributed by atoms with E-state index in [4.69, 9.17) is 18.9 Å². The predicted molar refractivity (Wildman–Crippen MR) is 59.2 cm³/mol. The normalized spacial score (nSPS) is 34.9. The highest BCUT2D eigenvalue weighted by Gasteiger charge is 2.51. The Hall–Kier alpha value is -0.650. The molecular weight excluding hydrogens is 224 g/mol. The summed E-state index contributed by atoms with van der Waals surface area (Å²) in [5.41, 5.74) is 0. The van der Waals surface area contributed by atoms with E-state index in [-0.39, 0.29) is 12.1 Å². The maximum atomic E-state index is 11.7. The molecule has 17 heavy (non-hydrogen) atoms. The van der Waals surface area contributed by atoms with E-state index in [0.717, 1.165) is 12.8 Å². The second-order valence-electron chi connectivity index (χ2n) is 4.94. The molecule has 0 aromatic rings. The molecule has 0 unspecified atom stereocenters. The smallest absolute Gasteiger partial charge is 0.340 e. The second-order valence-corrected chi connectivity index (χ2v) is 4.94. The van der Waals surface area contributed by atoms with Gasteiger partial charge in [-0.05, 0) is 12.8 Å². The van der Waals surface area contributed by atoms with Crippen molar-refractivity contribution in [2.75, 3.05) is 6.61 Å². The Bertz CT molecular complexity index is 308. The van der Waals surface area contributed by atoms with Gasteiger partial charge >= 0.3 is 5.97 Å². The van der Waals surface area contributed by atoms with Crippen molar-refractivity contribution in [1.29, 1.82) is 0 Å². The first-order valence-electron chi connectivity index (χ1n) is 6.14. The molecule has 0 radical (unpaired) electrons. The van der Waals surface area contributed by atoms with Gasteiger partial charge in [-0.2, -0.15) is 0 Å². The van der Waals surface area contributed by atoms with Crippen LogP contribution >= 0.6 is 0 Å². The van der Waals surface area contributed by atoms with E-state index in [2.05, 4.69) is 0 Å². The summed E-state index contributed by atoms with van der Waals surface area (Å²) in [6.07, 6.45) is 0.463. The van der Waals surface area contributed by atoms with Crippen LogP contribution in [-0.2, 0) is 23.7 Å². The van der Waals surface area contributed by atoms with E-state index in [1.807, 2.05) is 13.8 Å². The van der Waals surface area contributed by atoms with Crippen LogP contribution in [0, 0.1) is 0 Å². The van der Waals surface area contributed by atoms with Gasteiger partial charge < -0.3 is 18.9 Å². The van der Waals surface area contributed by atoms with Crippen LogP contribution in [0.4, 0.5) is 0 Å². The Kier molecular flexibility index (Phi) is 3.18. The summed E-state index contributed by atoms with van der Waals surface area (Å²) in [5, 5.41) is 0. The highest BCUT2D eigenvalue weighted by molar-refractivity contribution is 5.77. The van der Waals surface area contributed by atoms with Crippen molar-refractivity contribution in [3.05, 3.63) is 0 Å². The van der Waals surface area contributed by atoms with Gasteiger partial charge in [0.05, 0.1) is 6.61 Å². The van der Waals surface area contributed by atoms with Gasteiger partial charge in [0.15, 0.2) is 11.9 Å². The number of ether oxygens (including phenoxy) is 4. The molecule has 98 valence electrons. The molecule has 0 N–H and O–H groups in total. The van der Waals surface area contributed by atoms with Gasteiger partial charge in [-0.15, -0.1) is 0 Å². The monoisotopic (exact) mass is 244 g/mol. The molecule has 2 saturated heterocycles. The number of rotatable bonds is 3. The topological polar surface area (TPSA) is 54.0 Å². The van der Waals surface area contributed by atoms with Crippen LogP contribution in [0.1, 0.15) is 40.5 Å². The van der Waals surface area contributed by atoms with Crippen molar-refractivity contribution in [3.8, 4) is 0 Å². The zero-order valence-electron chi connectivity index (χ0n) is 10.8. The van der Waals surface area contributed by atoms with Crippen LogP contribution in [0.5, 0.6) is 0 Å². The Morgan fingerprint density at radius 2 is 1.88 bits per heavy atom. The first kappa shape index (κ1) is 12.8. The van der Waals surface area contributed by atoms with Crippen LogP contribution in [0.3, 0.4) is 0 Å². The molecule has 0 aromatic heterocycles. The highest BCUT2D eigenvalue weighted by Crippen LogP contribution is 2.35. The maximum Gasteiger partial charge on any atom is 0.340 e. The molecule has 2 aliphatic rings. The molecule has 2 rings (SSSR count). The van der Waals surface area contributed by atoms with E-state index in [9.17, 15) is 4.79 Å². The zero-order valence-corrected chi connectivity index (χ0v) is 10.8. The minimum Gasteiger partial charge on any atom is -0.432 e. The first-order chi connectivity index (χ1) is 7.91. The Morgan fingerprint density at radius 1 is 1.24 bits per heavy atom. The van der Waals surface area contributed by atoms with Gasteiger partial charge in [0, 0.05) is 13.8 Å². The number of hydrogen-bond acceptors (Lipinski definition) is 5. The molecule has 0 aliphatic carbocycles. The Labute approximate surface area is 101 Å². The van der Waals surface area contributed by atoms with Gasteiger partial charge in [0.1, 0.15) is 6.10 Å². The summed E-state index contributed by atoms with van der Waals surface area (Å²) < 4.78 is 22.2. The van der Waals surface area contributed by atoms with Gasteiger partial charge in [-0.1, -0.05) is 13.8 Å². The van der Waals surface area contributed by atoms with Crippen molar-refractivity contribution >= 4 is 5.97 Å². The van der Waals surface area contributed by atoms with Gasteiger partial charge in [-0.25, -0.2) is 4.79 Å². The fourth-order valence-corrected chi connectivity index (χ4v) is 2.25. The molecule has 0 spiro atoms. The molecule has 2 aliphatic heterocycles. The number of hydrogen-bond donors (Lipinski definition) is 0. The fourth-order valence-electron chi connectivity index (χ4n) is 2.25. The third kappa shape index (κ3) is 2.32. The van der Waals surface area contributed by atoms with Gasteiger partial charge in [0.25, 0.3) is 0 Å². The lowest BCUT2D eigenvalue weighted by Gasteiger charge is -2.25. The lowest BCUT2D eigenvalue weighted by molar-refractivity contribution is -0.193. The average Bonchev–Trinajstić information content (AvgIpc) is 2.80. The van der Waals surface area contributed by atoms with Crippen LogP contribution in [0.15, 0.2) is 0 Å². The maximum absolute atomic E-state index is 11.7. The van der Waals surface area contributed by atoms with Crippen LogP contribution < -0.4 is 0 Å². The molecular formula is C12H20O5. The van der Waals surface area contributed by atoms with Crippen molar-refractivity contribution < 1.29 is 23.7 Å². The van der Waals surface area contributed by atoms with Crippen molar-refractivity contribution in [2.45, 2.75) is 64.3 Å². The summed E-state index contributed by atoms with van der Waals surface area (Å²) in [4.78, 5) is 11.7. The molecule has 5 nitrogen and oxygen atoms in total. The summed E-state index contributed by atoms with van der Waals surface area (Å²) in [7, 11) is 0. The fraction of sp³-hybridized carbons (Fsp3) is 0.917. The Morgan fingerprint density at radius 3 is 2.29 bits per heavy atom. The molecule has 0 saturated carbocycles. The van der Waals surface area contributed by atoms with Crippen LogP contribution in [0.25, 0.3) is 0 Å². The summed E-state index contributed by atoms with van der Waals surface area (Å²) in [6, 6.07) is 0. The number of esters is 1. The largest absolute Gasteiger partial charge is 0.432 e. The van der Waals surface area contributed by atoms with Crippen molar-refractivity contribution in [2.24, 2.45) is 0 Å². The predicted octanol–water partition coefficient (Wildman–Crippen LogP) is 1.60. The second kappa shape index (κ2) is 4.23. The summed E-state index contributed by atoms with van der Waals surface area (Å²) >= 11 is 0. The minimum atomic E-state index is -0.866. The highest BCUT2D eigenvalue weighted by atomic mass is 16.8. The van der Waals surface area contributed by atoms with E-state index in [1.54, 1.807) is 13.8 Å². The van der Waals surface area contributed by atoms with Crippen LogP contribution in [-0.4, -0.2) is 36.4 Å². The van der Waals surface area contributed by atoms with E-state index in [0.29, 0.717) is 6.61 Å². The van der Waals surface area contributed by atoms with Crippen molar-refractivity contribution in [1.82, 2.24) is 0 Å². The third-order valence-electron chi connectivity index (χ3n) is 3.28. The summed E-state index contributed by atoms with van der Waals surface area (Å²) in [5.74, 6) is -1.80. The lowest BCUT2D eigenvalue weighted by Crippen LogP contribution is -2.37. The standard InChI is InChI=1S/C12H20O5/c1-5-12(6-2)14-7-8(15-12)9-10(13)17-11(3,4)16-9/h8-9H,5-7H2,1-4H3/t8-,9-/m1/s1. The van der Waals surface area contributed by atoms with E-state index in [1.165, 1.54) is 0 Å². The molecule has 2 atom stereocenters. The van der Waals surface area contributed by atoms with Crippen LogP contribution in [0.2, 0.25) is 0 Å². The number of carbonyl (C=O) groups is 1. The van der Waals surface area contributed by atoms with E-state index < -0.39 is 17.7 Å². The quantitative estimate of drug-likeness (QED) is 0.706. The van der Waals surface area contributed by atoms with E-state index >= 15 is 0 Å². The number of carbonyl (C=O) groups excluding carboxylic acids is 1. The summed E-state index contributed by atoms with van der Waals surface area (Å²) in [6.45, 7) is 7.81. The molecule has 0 aromatic carbocycles. The molecule has 0 amide bonds. The van der Waals surface area contributed by atoms with Crippen molar-refractivity contribution in [3.63, 3.8) is 0 Å². The SMILES string of the molecule is CCC1(CC)OC[C@H]([C@H]2OC(C)(C)OC2=O)O1. The third-order valence-corrected chi connectivity index (χ3v) is 3.28. The molecule has 2 fully saturated rings. The first-order valence-corrected chi connectivity index (χ1v) is 6.14. The molecule has 2 heterocycles. The number of cyclic esters (lactones) is 1. The lowest BCUT2D eigenvalue weighted by atomic mass is 10.1. The molecule has 5 heteroatoms. The zero-order chi connectivity index (χ0) is 12.7. The van der Waals surface area contributed by atoms with Gasteiger partial charge in [-0.3, -0.25) is 0 Å². The Balaban J connectivity index is 2.04. The minimum absolute atomic E-state index is 0.369. The average molecular weight is 244 g/mol.